The predicted molar refractivity (Wildman–Crippen MR) is 144 cm³/mol. The summed E-state index contributed by atoms with van der Waals surface area (Å²) in [6.45, 7) is 9.90. The van der Waals surface area contributed by atoms with E-state index in [9.17, 15) is 0 Å². The topological polar surface area (TPSA) is 65.4 Å². The molecule has 0 amide bonds. The highest BCUT2D eigenvalue weighted by molar-refractivity contribution is 5.93. The lowest BCUT2D eigenvalue weighted by atomic mass is 10.1. The minimum atomic E-state index is 0.0930. The largest absolute Gasteiger partial charge is 0.348 e. The summed E-state index contributed by atoms with van der Waals surface area (Å²) in [6.07, 6.45) is 6.27. The van der Waals surface area contributed by atoms with Crippen LogP contribution in [0, 0.1) is 5.92 Å². The van der Waals surface area contributed by atoms with Crippen molar-refractivity contribution in [3.63, 3.8) is 0 Å². The zero-order valence-electron chi connectivity index (χ0n) is 20.9. The standard InChI is InChI=1S/C28H36N7/c1-21(2)19-34-17-9-12-24(34)18-31-35(20-30-25-13-7-8-14-26(25)35)27-15-16-29-28(33-27)32-22(3)23-10-5-4-6-11-23/h4-8,10-11,13-16,20-22,24,31H,9,12,17-19H2,1-3H3,(H,29,32,33)/q+1. The number of nitrogens with one attached hydrogen (secondary N) is 2. The van der Waals surface area contributed by atoms with Crippen molar-refractivity contribution in [1.29, 1.82) is 0 Å². The van der Waals surface area contributed by atoms with Gasteiger partial charge in [0, 0.05) is 30.9 Å². The van der Waals surface area contributed by atoms with Gasteiger partial charge in [-0.25, -0.2) is 4.98 Å². The van der Waals surface area contributed by atoms with Crippen LogP contribution >= 0.6 is 0 Å². The maximum absolute atomic E-state index is 4.99. The minimum absolute atomic E-state index is 0.0930. The molecule has 35 heavy (non-hydrogen) atoms. The van der Waals surface area contributed by atoms with Crippen molar-refractivity contribution < 1.29 is 0 Å². The zero-order valence-corrected chi connectivity index (χ0v) is 20.9. The normalized spacial score (nSPS) is 22.5. The molecule has 3 aromatic rings. The number of aliphatic imine (C=N–C) groups is 1. The van der Waals surface area contributed by atoms with Gasteiger partial charge >= 0.3 is 0 Å². The van der Waals surface area contributed by atoms with Crippen molar-refractivity contribution in [3.05, 3.63) is 72.4 Å². The number of benzene rings is 2. The molecule has 0 saturated carbocycles. The molecule has 0 aliphatic carbocycles. The number of aromatic nitrogens is 2. The number of rotatable bonds is 9. The average Bonchev–Trinajstić information content (AvgIpc) is 3.48. The van der Waals surface area contributed by atoms with Crippen LogP contribution in [-0.2, 0) is 0 Å². The van der Waals surface area contributed by atoms with Gasteiger partial charge in [0.05, 0.1) is 12.6 Å². The Morgan fingerprint density at radius 2 is 1.83 bits per heavy atom. The van der Waals surface area contributed by atoms with Crippen molar-refractivity contribution in [3.8, 4) is 0 Å². The first-order valence-corrected chi connectivity index (χ1v) is 12.7. The Bertz CT molecular complexity index is 1160. The van der Waals surface area contributed by atoms with E-state index in [1.165, 1.54) is 24.9 Å². The number of nitrogens with zero attached hydrogens (tertiary/aromatic N) is 5. The van der Waals surface area contributed by atoms with Gasteiger partial charge in [0.25, 0.3) is 5.82 Å². The van der Waals surface area contributed by atoms with Crippen molar-refractivity contribution in [2.75, 3.05) is 25.0 Å². The summed E-state index contributed by atoms with van der Waals surface area (Å²) in [6, 6.07) is 21.3. The van der Waals surface area contributed by atoms with Crippen LogP contribution in [0.5, 0.6) is 0 Å². The van der Waals surface area contributed by atoms with Crippen molar-refractivity contribution in [2.24, 2.45) is 10.9 Å². The number of anilines is 1. The minimum Gasteiger partial charge on any atom is -0.348 e. The molecule has 0 spiro atoms. The first-order valence-electron chi connectivity index (χ1n) is 12.7. The third-order valence-corrected chi connectivity index (χ3v) is 6.95. The molecule has 3 heterocycles. The van der Waals surface area contributed by atoms with E-state index >= 15 is 0 Å². The molecule has 3 unspecified atom stereocenters. The Hall–Kier alpha value is -3.13. The second-order valence-corrected chi connectivity index (χ2v) is 10.0. The molecule has 1 fully saturated rings. The van der Waals surface area contributed by atoms with Crippen LogP contribution in [0.1, 0.15) is 45.2 Å². The summed E-state index contributed by atoms with van der Waals surface area (Å²) in [5, 5.41) is 3.48. The van der Waals surface area contributed by atoms with Gasteiger partial charge in [-0.15, -0.1) is 10.0 Å². The molecular weight excluding hydrogens is 434 g/mol. The lowest BCUT2D eigenvalue weighted by Crippen LogP contribution is -2.57. The Morgan fingerprint density at radius 1 is 1.03 bits per heavy atom. The smallest absolute Gasteiger partial charge is 0.263 e. The van der Waals surface area contributed by atoms with Gasteiger partial charge in [0.2, 0.25) is 12.3 Å². The van der Waals surface area contributed by atoms with Crippen LogP contribution in [0.3, 0.4) is 0 Å². The number of para-hydroxylation sites is 2. The molecule has 1 aromatic heterocycles. The van der Waals surface area contributed by atoms with E-state index in [4.69, 9.17) is 9.98 Å². The van der Waals surface area contributed by atoms with Crippen LogP contribution in [0.25, 0.3) is 0 Å². The van der Waals surface area contributed by atoms with Gasteiger partial charge < -0.3 is 5.32 Å². The molecule has 2 N–H and O–H groups in total. The second-order valence-electron chi connectivity index (χ2n) is 10.0. The molecule has 2 aliphatic rings. The molecule has 2 aromatic carbocycles. The van der Waals surface area contributed by atoms with Crippen molar-refractivity contribution >= 4 is 29.5 Å². The van der Waals surface area contributed by atoms with E-state index in [0.717, 1.165) is 30.3 Å². The van der Waals surface area contributed by atoms with Crippen molar-refractivity contribution in [2.45, 2.75) is 45.7 Å². The van der Waals surface area contributed by atoms with Gasteiger partial charge in [-0.2, -0.15) is 9.98 Å². The van der Waals surface area contributed by atoms with E-state index < -0.39 is 0 Å². The molecule has 1 saturated heterocycles. The molecular formula is C28H36N7+. The number of fused-ring (bicyclic) bond motifs is 1. The second kappa shape index (κ2) is 10.2. The molecule has 3 atom stereocenters. The average molecular weight is 471 g/mol. The Balaban J connectivity index is 1.43. The highest BCUT2D eigenvalue weighted by Gasteiger charge is 2.42. The lowest BCUT2D eigenvalue weighted by Gasteiger charge is -2.32. The fraction of sp³-hybridized carbons (Fsp3) is 0.393. The van der Waals surface area contributed by atoms with Crippen LogP contribution in [-0.4, -0.2) is 46.9 Å². The number of hydrogen-bond acceptors (Lipinski definition) is 6. The Labute approximate surface area is 208 Å². The third kappa shape index (κ3) is 4.98. The molecule has 0 radical (unpaired) electrons. The number of quaternary nitrogens is 1. The third-order valence-electron chi connectivity index (χ3n) is 6.95. The monoisotopic (exact) mass is 470 g/mol. The highest BCUT2D eigenvalue weighted by Crippen LogP contribution is 2.42. The summed E-state index contributed by atoms with van der Waals surface area (Å²) in [7, 11) is 0. The Morgan fingerprint density at radius 3 is 2.66 bits per heavy atom. The van der Waals surface area contributed by atoms with Gasteiger partial charge in [-0.3, -0.25) is 4.90 Å². The number of hydrogen-bond donors (Lipinski definition) is 2. The summed E-state index contributed by atoms with van der Waals surface area (Å²) < 4.78 is 0.291. The highest BCUT2D eigenvalue weighted by atomic mass is 15.7. The quantitative estimate of drug-likeness (QED) is 0.399. The molecule has 0 bridgehead atoms. The molecule has 182 valence electrons. The van der Waals surface area contributed by atoms with Gasteiger partial charge in [-0.1, -0.05) is 56.3 Å². The summed E-state index contributed by atoms with van der Waals surface area (Å²) in [5.74, 6) is 2.12. The Kier molecular flexibility index (Phi) is 6.90. The summed E-state index contributed by atoms with van der Waals surface area (Å²) in [5.41, 5.74) is 7.10. The van der Waals surface area contributed by atoms with Gasteiger partial charge in [0.1, 0.15) is 5.69 Å². The molecule has 7 nitrogen and oxygen atoms in total. The van der Waals surface area contributed by atoms with E-state index in [-0.39, 0.29) is 6.04 Å². The van der Waals surface area contributed by atoms with E-state index in [2.05, 4.69) is 83.9 Å². The van der Waals surface area contributed by atoms with Crippen LogP contribution in [0.15, 0.2) is 71.9 Å². The van der Waals surface area contributed by atoms with Crippen LogP contribution in [0.4, 0.5) is 23.1 Å². The lowest BCUT2D eigenvalue weighted by molar-refractivity contribution is 0.207. The van der Waals surface area contributed by atoms with E-state index in [0.29, 0.717) is 22.5 Å². The first-order chi connectivity index (χ1) is 17.0. The van der Waals surface area contributed by atoms with Gasteiger partial charge in [0.15, 0.2) is 5.69 Å². The van der Waals surface area contributed by atoms with E-state index in [1.54, 1.807) is 0 Å². The fourth-order valence-electron chi connectivity index (χ4n) is 5.19. The van der Waals surface area contributed by atoms with E-state index in [1.807, 2.05) is 30.7 Å². The van der Waals surface area contributed by atoms with Crippen LogP contribution < -0.4 is 15.3 Å². The van der Waals surface area contributed by atoms with Crippen LogP contribution in [0.2, 0.25) is 0 Å². The summed E-state index contributed by atoms with van der Waals surface area (Å²) in [4.78, 5) is 16.9. The molecule has 2 aliphatic heterocycles. The maximum Gasteiger partial charge on any atom is 0.263 e. The predicted octanol–water partition coefficient (Wildman–Crippen LogP) is 5.59. The molecule has 5 rings (SSSR count). The fourth-order valence-corrected chi connectivity index (χ4v) is 5.19. The van der Waals surface area contributed by atoms with Gasteiger partial charge in [-0.05, 0) is 43.9 Å². The maximum atomic E-state index is 4.99. The SMILES string of the molecule is CC(C)CN1CCCC1CN[N+]1(c2ccnc(NC(C)c3ccccc3)n2)C=Nc2ccccc21. The zero-order chi connectivity index (χ0) is 24.3. The van der Waals surface area contributed by atoms with Crippen molar-refractivity contribution in [1.82, 2.24) is 24.9 Å². The summed E-state index contributed by atoms with van der Waals surface area (Å²) >= 11 is 0. The molecule has 7 heteroatoms. The first kappa shape index (κ1) is 23.6. The number of likely N-dealkylation sites (tertiary alicyclic amines) is 1.